The van der Waals surface area contributed by atoms with Crippen LogP contribution in [0.4, 0.5) is 0 Å². The summed E-state index contributed by atoms with van der Waals surface area (Å²) in [5.41, 5.74) is 0.980. The van der Waals surface area contributed by atoms with E-state index in [1.54, 1.807) is 12.3 Å². The Labute approximate surface area is 95.5 Å². The van der Waals surface area contributed by atoms with Gasteiger partial charge in [-0.15, -0.1) is 0 Å². The summed E-state index contributed by atoms with van der Waals surface area (Å²) in [5.74, 6) is 0.260. The van der Waals surface area contributed by atoms with Gasteiger partial charge in [-0.3, -0.25) is 0 Å². The maximum atomic E-state index is 9.03. The average Bonchev–Trinajstić information content (AvgIpc) is 1.80. The molecule has 0 spiro atoms. The van der Waals surface area contributed by atoms with Gasteiger partial charge in [0.15, 0.2) is 0 Å². The van der Waals surface area contributed by atoms with Crippen molar-refractivity contribution in [2.45, 2.75) is 6.92 Å². The summed E-state index contributed by atoms with van der Waals surface area (Å²) in [7, 11) is 0. The van der Waals surface area contributed by atoms with Crippen LogP contribution in [0.2, 0.25) is 0 Å². The van der Waals surface area contributed by atoms with Gasteiger partial charge in [-0.25, -0.2) is 4.98 Å². The normalized spacial score (nSPS) is 8.60. The molecule has 2 nitrogen and oxygen atoms in total. The van der Waals surface area contributed by atoms with Gasteiger partial charge in [-0.1, -0.05) is 0 Å². The van der Waals surface area contributed by atoms with Gasteiger partial charge in [-0.05, 0) is 41.1 Å². The summed E-state index contributed by atoms with van der Waals surface area (Å²) in [6, 6.07) is 1.69. The van der Waals surface area contributed by atoms with Gasteiger partial charge in [0.25, 0.3) is 0 Å². The van der Waals surface area contributed by atoms with Crippen molar-refractivity contribution in [3.63, 3.8) is 0 Å². The monoisotopic (exact) mass is 258 g/mol. The van der Waals surface area contributed by atoms with Crippen LogP contribution in [0, 0.1) is 10.6 Å². The number of rotatable bonds is 0. The molecule has 49 valence electrons. The molecular weight excluding hydrogens is 252 g/mol. The van der Waals surface area contributed by atoms with E-state index in [-0.39, 0.29) is 35.3 Å². The van der Waals surface area contributed by atoms with Crippen molar-refractivity contribution in [2.75, 3.05) is 0 Å². The van der Waals surface area contributed by atoms with Crippen LogP contribution in [0.1, 0.15) is 5.56 Å². The van der Waals surface area contributed by atoms with Gasteiger partial charge in [0.05, 0.1) is 0 Å². The van der Waals surface area contributed by atoms with Crippen molar-refractivity contribution in [1.29, 1.82) is 0 Å². The second kappa shape index (κ2) is 4.54. The molecule has 0 unspecified atom stereocenters. The molecule has 0 fully saturated rings. The third-order valence-electron chi connectivity index (χ3n) is 0.957. The maximum absolute atomic E-state index is 9.03. The predicted octanol–water partition coefficient (Wildman–Crippen LogP) is 1.32. The molecule has 1 N–H and O–H groups in total. The Kier molecular flexibility index (Phi) is 4.84. The summed E-state index contributed by atoms with van der Waals surface area (Å²) in [4.78, 5) is 3.91. The van der Waals surface area contributed by atoms with Crippen molar-refractivity contribution in [3.05, 3.63) is 21.5 Å². The van der Waals surface area contributed by atoms with E-state index in [2.05, 4.69) is 4.98 Å². The number of halogens is 1. The molecule has 0 aliphatic carbocycles. The van der Waals surface area contributed by atoms with E-state index in [9.17, 15) is 0 Å². The summed E-state index contributed by atoms with van der Waals surface area (Å²) < 4.78 is 0.651. The predicted molar refractivity (Wildman–Crippen MR) is 49.1 cm³/mol. The molecular formula is C6H6INNaO. The zero-order chi connectivity index (χ0) is 6.85. The fourth-order valence-corrected chi connectivity index (χ4v) is 0.832. The van der Waals surface area contributed by atoms with Crippen molar-refractivity contribution >= 4 is 52.1 Å². The molecule has 0 amide bonds. The zero-order valence-electron chi connectivity index (χ0n) is 5.93. The fourth-order valence-electron chi connectivity index (χ4n) is 0.537. The van der Waals surface area contributed by atoms with E-state index in [1.165, 1.54) is 0 Å². The number of aromatic hydroxyl groups is 1. The minimum absolute atomic E-state index is 0. The molecule has 0 aliphatic rings. The molecule has 4 heteroatoms. The third kappa shape index (κ3) is 2.74. The second-order valence-electron chi connectivity index (χ2n) is 1.82. The number of pyridine rings is 1. The summed E-state index contributed by atoms with van der Waals surface area (Å²) >= 11 is 1.98. The Morgan fingerprint density at radius 1 is 1.60 bits per heavy atom. The minimum atomic E-state index is 0. The fraction of sp³-hybridized carbons (Fsp3) is 0.167. The zero-order valence-corrected chi connectivity index (χ0v) is 10.1. The van der Waals surface area contributed by atoms with Gasteiger partial charge in [0.2, 0.25) is 0 Å². The van der Waals surface area contributed by atoms with Crippen LogP contribution in [0.25, 0.3) is 0 Å². The van der Waals surface area contributed by atoms with Crippen molar-refractivity contribution in [2.24, 2.45) is 0 Å². The summed E-state index contributed by atoms with van der Waals surface area (Å²) in [6.45, 7) is 1.89. The molecule has 1 aromatic heterocycles. The van der Waals surface area contributed by atoms with Crippen LogP contribution in [0.5, 0.6) is 5.75 Å². The number of nitrogens with zero attached hydrogens (tertiary/aromatic N) is 1. The van der Waals surface area contributed by atoms with Crippen molar-refractivity contribution in [3.8, 4) is 5.75 Å². The molecule has 1 aromatic rings. The van der Waals surface area contributed by atoms with E-state index < -0.39 is 0 Å². The largest absolute Gasteiger partial charge is 0.505 e. The SMILES string of the molecule is Cc1cnc(I)c(O)c1.[Na]. The Bertz CT molecular complexity index is 229. The number of aromatic nitrogens is 1. The van der Waals surface area contributed by atoms with Gasteiger partial charge in [0.1, 0.15) is 9.45 Å². The minimum Gasteiger partial charge on any atom is -0.505 e. The van der Waals surface area contributed by atoms with E-state index in [0.717, 1.165) is 5.56 Å². The molecule has 10 heavy (non-hydrogen) atoms. The van der Waals surface area contributed by atoms with Gasteiger partial charge in [-0.2, -0.15) is 0 Å². The van der Waals surface area contributed by atoms with E-state index in [0.29, 0.717) is 3.70 Å². The smallest absolute Gasteiger partial charge is 0.147 e. The van der Waals surface area contributed by atoms with Crippen molar-refractivity contribution in [1.82, 2.24) is 4.98 Å². The molecule has 0 saturated carbocycles. The summed E-state index contributed by atoms with van der Waals surface area (Å²) in [5, 5.41) is 9.03. The Morgan fingerprint density at radius 3 is 2.60 bits per heavy atom. The molecule has 0 aromatic carbocycles. The maximum Gasteiger partial charge on any atom is 0.147 e. The van der Waals surface area contributed by atoms with Gasteiger partial charge >= 0.3 is 0 Å². The van der Waals surface area contributed by atoms with Gasteiger partial charge in [0, 0.05) is 35.8 Å². The molecule has 0 atom stereocenters. The molecule has 0 saturated heterocycles. The number of hydrogen-bond donors (Lipinski definition) is 1. The van der Waals surface area contributed by atoms with Crippen LogP contribution >= 0.6 is 22.6 Å². The third-order valence-corrected chi connectivity index (χ3v) is 1.79. The first kappa shape index (κ1) is 10.7. The average molecular weight is 258 g/mol. The Hall–Kier alpha value is 0.680. The van der Waals surface area contributed by atoms with E-state index >= 15 is 0 Å². The van der Waals surface area contributed by atoms with E-state index in [1.807, 2.05) is 29.5 Å². The molecule has 1 rings (SSSR count). The first-order valence-corrected chi connectivity index (χ1v) is 3.59. The molecule has 0 aliphatic heterocycles. The Balaban J connectivity index is 0.000000810. The van der Waals surface area contributed by atoms with E-state index in [4.69, 9.17) is 5.11 Å². The van der Waals surface area contributed by atoms with Crippen LogP contribution in [0.3, 0.4) is 0 Å². The van der Waals surface area contributed by atoms with Crippen LogP contribution in [0.15, 0.2) is 12.3 Å². The Morgan fingerprint density at radius 2 is 2.20 bits per heavy atom. The van der Waals surface area contributed by atoms with Crippen LogP contribution in [-0.2, 0) is 0 Å². The summed E-state index contributed by atoms with van der Waals surface area (Å²) in [6.07, 6.45) is 1.72. The molecule has 0 bridgehead atoms. The topological polar surface area (TPSA) is 33.1 Å². The first-order chi connectivity index (χ1) is 4.20. The number of aryl methyl sites for hydroxylation is 1. The second-order valence-corrected chi connectivity index (χ2v) is 2.84. The van der Waals surface area contributed by atoms with Crippen molar-refractivity contribution < 1.29 is 5.11 Å². The van der Waals surface area contributed by atoms with Crippen LogP contribution in [-0.4, -0.2) is 39.6 Å². The molecule has 1 radical (unpaired) electrons. The molecule has 1 heterocycles. The van der Waals surface area contributed by atoms with Crippen LogP contribution < -0.4 is 0 Å². The first-order valence-electron chi connectivity index (χ1n) is 2.51. The quantitative estimate of drug-likeness (QED) is 0.432. The standard InChI is InChI=1S/C6H6INO.Na/c1-4-2-5(9)6(7)8-3-4;/h2-3,9H,1H3;. The van der Waals surface area contributed by atoms with Gasteiger partial charge < -0.3 is 5.11 Å². The number of hydrogen-bond acceptors (Lipinski definition) is 2.